The number of morpholine rings is 1. The summed E-state index contributed by atoms with van der Waals surface area (Å²) in [5, 5.41) is 2.13. The van der Waals surface area contributed by atoms with Crippen LogP contribution in [0, 0.1) is 17.5 Å². The highest BCUT2D eigenvalue weighted by molar-refractivity contribution is 7.89. The number of halogens is 3. The zero-order chi connectivity index (χ0) is 21.3. The second kappa shape index (κ2) is 8.13. The molecule has 1 aliphatic rings. The molecule has 2 aromatic carbocycles. The van der Waals surface area contributed by atoms with Gasteiger partial charge in [-0.2, -0.15) is 4.31 Å². The number of carbonyl (C=O) groups is 1. The molecule has 156 valence electrons. The van der Waals surface area contributed by atoms with Gasteiger partial charge in [0.05, 0.1) is 22.8 Å². The first kappa shape index (κ1) is 21.3. The molecule has 1 aliphatic heterocycles. The number of benzene rings is 2. The van der Waals surface area contributed by atoms with Gasteiger partial charge in [0, 0.05) is 30.8 Å². The van der Waals surface area contributed by atoms with Crippen molar-refractivity contribution in [3.8, 4) is 0 Å². The van der Waals surface area contributed by atoms with Gasteiger partial charge in [0.1, 0.15) is 5.82 Å². The summed E-state index contributed by atoms with van der Waals surface area (Å²) in [7, 11) is -3.78. The number of carbonyl (C=O) groups excluding carboxylic acids is 1. The largest absolute Gasteiger partial charge is 0.373 e. The van der Waals surface area contributed by atoms with Crippen molar-refractivity contribution in [3.05, 3.63) is 59.4 Å². The number of nitrogens with zero attached hydrogens (tertiary/aromatic N) is 1. The van der Waals surface area contributed by atoms with E-state index in [9.17, 15) is 26.4 Å². The summed E-state index contributed by atoms with van der Waals surface area (Å²) in [6.07, 6.45) is -0.492. The maximum Gasteiger partial charge on any atom is 0.255 e. The van der Waals surface area contributed by atoms with Gasteiger partial charge in [0.15, 0.2) is 11.6 Å². The van der Waals surface area contributed by atoms with Gasteiger partial charge < -0.3 is 10.1 Å². The van der Waals surface area contributed by atoms with E-state index < -0.39 is 39.1 Å². The van der Waals surface area contributed by atoms with Crippen LogP contribution < -0.4 is 5.32 Å². The third kappa shape index (κ3) is 4.60. The Labute approximate surface area is 166 Å². The van der Waals surface area contributed by atoms with E-state index in [0.717, 1.165) is 0 Å². The summed E-state index contributed by atoms with van der Waals surface area (Å²) in [5.41, 5.74) is -0.501. The first-order valence-corrected chi connectivity index (χ1v) is 10.2. The van der Waals surface area contributed by atoms with Gasteiger partial charge in [-0.15, -0.1) is 0 Å². The minimum Gasteiger partial charge on any atom is -0.373 e. The number of ether oxygens (including phenoxy) is 1. The Hall–Kier alpha value is -2.43. The minimum atomic E-state index is -3.78. The van der Waals surface area contributed by atoms with Crippen LogP contribution in [0.2, 0.25) is 0 Å². The molecule has 29 heavy (non-hydrogen) atoms. The molecular weight excluding hydrogens is 409 g/mol. The predicted octanol–water partition coefficient (Wildman–Crippen LogP) is 3.15. The van der Waals surface area contributed by atoms with Gasteiger partial charge in [-0.25, -0.2) is 21.6 Å². The molecule has 1 saturated heterocycles. The van der Waals surface area contributed by atoms with Gasteiger partial charge in [-0.05, 0) is 38.1 Å². The van der Waals surface area contributed by atoms with Crippen LogP contribution in [-0.2, 0) is 14.8 Å². The molecule has 1 fully saturated rings. The van der Waals surface area contributed by atoms with Crippen LogP contribution in [0.4, 0.5) is 18.9 Å². The zero-order valence-corrected chi connectivity index (χ0v) is 16.5. The minimum absolute atomic E-state index is 0.00522. The van der Waals surface area contributed by atoms with Crippen molar-refractivity contribution in [2.24, 2.45) is 0 Å². The second-order valence-electron chi connectivity index (χ2n) is 6.80. The first-order valence-electron chi connectivity index (χ1n) is 8.79. The summed E-state index contributed by atoms with van der Waals surface area (Å²) in [5.74, 6) is -4.61. The molecular formula is C19H19F3N2O4S. The van der Waals surface area contributed by atoms with E-state index in [-0.39, 0.29) is 35.8 Å². The molecule has 2 atom stereocenters. The number of rotatable bonds is 4. The third-order valence-corrected chi connectivity index (χ3v) is 6.24. The molecule has 0 bridgehead atoms. The van der Waals surface area contributed by atoms with Crippen molar-refractivity contribution in [1.82, 2.24) is 4.31 Å². The summed E-state index contributed by atoms with van der Waals surface area (Å²) < 4.78 is 72.4. The second-order valence-corrected chi connectivity index (χ2v) is 8.74. The lowest BCUT2D eigenvalue weighted by molar-refractivity contribution is -0.0440. The molecule has 1 amide bonds. The van der Waals surface area contributed by atoms with E-state index in [2.05, 4.69) is 5.32 Å². The fourth-order valence-electron chi connectivity index (χ4n) is 3.07. The molecule has 10 heteroatoms. The smallest absolute Gasteiger partial charge is 0.255 e. The quantitative estimate of drug-likeness (QED) is 0.760. The maximum atomic E-state index is 13.7. The standard InChI is InChI=1S/C19H19F3N2O4S/c1-11-9-24(10-12(2)28-11)29(26,27)14-5-3-13(4-6-14)19(25)23-18-8-16(21)15(20)7-17(18)22/h3-8,11-12H,9-10H2,1-2H3,(H,23,25). The molecule has 3 rings (SSSR count). The molecule has 0 spiro atoms. The monoisotopic (exact) mass is 428 g/mol. The molecule has 6 nitrogen and oxygen atoms in total. The predicted molar refractivity (Wildman–Crippen MR) is 99.5 cm³/mol. The maximum absolute atomic E-state index is 13.7. The Morgan fingerprint density at radius 1 is 1.00 bits per heavy atom. The molecule has 0 aromatic heterocycles. The highest BCUT2D eigenvalue weighted by atomic mass is 32.2. The fraction of sp³-hybridized carbons (Fsp3) is 0.316. The number of hydrogen-bond acceptors (Lipinski definition) is 4. The van der Waals surface area contributed by atoms with Gasteiger partial charge in [-0.1, -0.05) is 0 Å². The van der Waals surface area contributed by atoms with Crippen LogP contribution in [0.3, 0.4) is 0 Å². The van der Waals surface area contributed by atoms with E-state index in [0.29, 0.717) is 12.1 Å². The van der Waals surface area contributed by atoms with Gasteiger partial charge in [-0.3, -0.25) is 4.79 Å². The number of hydrogen-bond donors (Lipinski definition) is 1. The summed E-state index contributed by atoms with van der Waals surface area (Å²) in [6.45, 7) is 3.99. The number of amides is 1. The summed E-state index contributed by atoms with van der Waals surface area (Å²) >= 11 is 0. The molecule has 0 aliphatic carbocycles. The van der Waals surface area contributed by atoms with Crippen LogP contribution in [-0.4, -0.2) is 43.9 Å². The number of sulfonamides is 1. The molecule has 2 aromatic rings. The van der Waals surface area contributed by atoms with Crippen LogP contribution in [0.1, 0.15) is 24.2 Å². The third-order valence-electron chi connectivity index (χ3n) is 4.40. The van der Waals surface area contributed by atoms with Crippen LogP contribution in [0.15, 0.2) is 41.3 Å². The van der Waals surface area contributed by atoms with Crippen LogP contribution in [0.25, 0.3) is 0 Å². The van der Waals surface area contributed by atoms with E-state index in [1.54, 1.807) is 13.8 Å². The van der Waals surface area contributed by atoms with Crippen LogP contribution in [0.5, 0.6) is 0 Å². The van der Waals surface area contributed by atoms with Crippen molar-refractivity contribution in [3.63, 3.8) is 0 Å². The molecule has 1 N–H and O–H groups in total. The highest BCUT2D eigenvalue weighted by Gasteiger charge is 2.32. The van der Waals surface area contributed by atoms with Crippen molar-refractivity contribution < 1.29 is 31.1 Å². The molecule has 2 unspecified atom stereocenters. The topological polar surface area (TPSA) is 75.7 Å². The highest BCUT2D eigenvalue weighted by Crippen LogP contribution is 2.23. The van der Waals surface area contributed by atoms with Gasteiger partial charge in [0.2, 0.25) is 10.0 Å². The van der Waals surface area contributed by atoms with E-state index in [4.69, 9.17) is 4.74 Å². The number of nitrogens with one attached hydrogen (secondary N) is 1. The van der Waals surface area contributed by atoms with Gasteiger partial charge >= 0.3 is 0 Å². The Kier molecular flexibility index (Phi) is 5.97. The molecule has 1 heterocycles. The normalized spacial score (nSPS) is 20.4. The number of anilines is 1. The molecule has 0 radical (unpaired) electrons. The Bertz CT molecular complexity index is 1020. The lowest BCUT2D eigenvalue weighted by Gasteiger charge is -2.34. The lowest BCUT2D eigenvalue weighted by Crippen LogP contribution is -2.48. The summed E-state index contributed by atoms with van der Waals surface area (Å²) in [4.78, 5) is 12.2. The average Bonchev–Trinajstić information content (AvgIpc) is 2.65. The van der Waals surface area contributed by atoms with E-state index in [1.807, 2.05) is 0 Å². The van der Waals surface area contributed by atoms with Crippen molar-refractivity contribution in [2.75, 3.05) is 18.4 Å². The van der Waals surface area contributed by atoms with Crippen molar-refractivity contribution in [1.29, 1.82) is 0 Å². The van der Waals surface area contributed by atoms with E-state index >= 15 is 0 Å². The van der Waals surface area contributed by atoms with Crippen molar-refractivity contribution >= 4 is 21.6 Å². The zero-order valence-electron chi connectivity index (χ0n) is 15.7. The van der Waals surface area contributed by atoms with Gasteiger partial charge in [0.25, 0.3) is 5.91 Å². The van der Waals surface area contributed by atoms with Crippen molar-refractivity contribution in [2.45, 2.75) is 31.0 Å². The average molecular weight is 428 g/mol. The Morgan fingerprint density at radius 2 is 1.55 bits per heavy atom. The SMILES string of the molecule is CC1CN(S(=O)(=O)c2ccc(C(=O)Nc3cc(F)c(F)cc3F)cc2)CC(C)O1. The van der Waals surface area contributed by atoms with E-state index in [1.165, 1.54) is 28.6 Å². The van der Waals surface area contributed by atoms with Crippen LogP contribution >= 0.6 is 0 Å². The fourth-order valence-corrected chi connectivity index (χ4v) is 4.66. The molecule has 0 saturated carbocycles. The Balaban J connectivity index is 1.77. The summed E-state index contributed by atoms with van der Waals surface area (Å²) in [6, 6.07) is 5.89. The lowest BCUT2D eigenvalue weighted by atomic mass is 10.2. The Morgan fingerprint density at radius 3 is 2.14 bits per heavy atom. The first-order chi connectivity index (χ1) is 13.6.